The molecule has 1 aromatic rings. The molecule has 2 N–H and O–H groups in total. The van der Waals surface area contributed by atoms with E-state index in [0.29, 0.717) is 12.1 Å². The van der Waals surface area contributed by atoms with Crippen molar-refractivity contribution < 1.29 is 9.50 Å². The van der Waals surface area contributed by atoms with E-state index in [1.54, 1.807) is 6.07 Å². The van der Waals surface area contributed by atoms with Crippen molar-refractivity contribution >= 4 is 0 Å². The average Bonchev–Trinajstić information content (AvgIpc) is 2.12. The molecular weight excluding hydrogens is 157 g/mol. The van der Waals surface area contributed by atoms with Crippen LogP contribution in [0.4, 0.5) is 4.39 Å². The zero-order chi connectivity index (χ0) is 8.55. The van der Waals surface area contributed by atoms with Crippen LogP contribution in [0.15, 0.2) is 12.1 Å². The van der Waals surface area contributed by atoms with Gasteiger partial charge in [-0.25, -0.2) is 4.39 Å². The first-order valence-electron chi connectivity index (χ1n) is 3.99. The van der Waals surface area contributed by atoms with Gasteiger partial charge in [0.2, 0.25) is 0 Å². The summed E-state index contributed by atoms with van der Waals surface area (Å²) in [6.45, 7) is 1.47. The highest BCUT2D eigenvalue weighted by atomic mass is 19.1. The van der Waals surface area contributed by atoms with Crippen LogP contribution < -0.4 is 5.32 Å². The van der Waals surface area contributed by atoms with E-state index in [-0.39, 0.29) is 5.75 Å². The van der Waals surface area contributed by atoms with Crippen molar-refractivity contribution in [3.63, 3.8) is 0 Å². The van der Waals surface area contributed by atoms with Crippen LogP contribution in [0.25, 0.3) is 0 Å². The third kappa shape index (κ3) is 1.06. The Hall–Kier alpha value is -1.09. The SMILES string of the molecule is Oc1c(F)ccc2c1CNCC2. The second-order valence-corrected chi connectivity index (χ2v) is 2.96. The van der Waals surface area contributed by atoms with Crippen LogP contribution in [0, 0.1) is 5.82 Å². The van der Waals surface area contributed by atoms with Crippen LogP contribution in [0.5, 0.6) is 5.75 Å². The molecule has 0 atom stereocenters. The van der Waals surface area contributed by atoms with Crippen molar-refractivity contribution in [3.8, 4) is 5.75 Å². The number of halogens is 1. The van der Waals surface area contributed by atoms with Crippen molar-refractivity contribution in [3.05, 3.63) is 29.1 Å². The monoisotopic (exact) mass is 167 g/mol. The van der Waals surface area contributed by atoms with E-state index in [9.17, 15) is 9.50 Å². The number of fused-ring (bicyclic) bond motifs is 1. The summed E-state index contributed by atoms with van der Waals surface area (Å²) in [5, 5.41) is 12.4. The van der Waals surface area contributed by atoms with Gasteiger partial charge in [-0.15, -0.1) is 0 Å². The molecule has 1 aliphatic heterocycles. The minimum Gasteiger partial charge on any atom is -0.505 e. The molecule has 0 aromatic heterocycles. The number of hydrogen-bond donors (Lipinski definition) is 2. The first kappa shape index (κ1) is 7.55. The van der Waals surface area contributed by atoms with Gasteiger partial charge in [0.25, 0.3) is 0 Å². The Morgan fingerprint density at radius 1 is 1.42 bits per heavy atom. The summed E-state index contributed by atoms with van der Waals surface area (Å²) in [4.78, 5) is 0. The van der Waals surface area contributed by atoms with Gasteiger partial charge in [0.1, 0.15) is 0 Å². The van der Waals surface area contributed by atoms with Crippen LogP contribution in [0.2, 0.25) is 0 Å². The highest BCUT2D eigenvalue weighted by Gasteiger charge is 2.14. The standard InChI is InChI=1S/C9H10FNO/c10-8-2-1-6-3-4-11-5-7(6)9(8)12/h1-2,11-12H,3-5H2. The lowest BCUT2D eigenvalue weighted by atomic mass is 10.00. The largest absolute Gasteiger partial charge is 0.505 e. The van der Waals surface area contributed by atoms with Gasteiger partial charge in [-0.2, -0.15) is 0 Å². The van der Waals surface area contributed by atoms with E-state index < -0.39 is 5.82 Å². The van der Waals surface area contributed by atoms with Gasteiger partial charge in [-0.1, -0.05) is 6.07 Å². The van der Waals surface area contributed by atoms with Crippen molar-refractivity contribution in [1.82, 2.24) is 5.32 Å². The summed E-state index contributed by atoms with van der Waals surface area (Å²) in [7, 11) is 0. The van der Waals surface area contributed by atoms with Crippen molar-refractivity contribution in [2.75, 3.05) is 6.54 Å². The lowest BCUT2D eigenvalue weighted by Crippen LogP contribution is -2.23. The minimum absolute atomic E-state index is 0.195. The smallest absolute Gasteiger partial charge is 0.165 e. The van der Waals surface area contributed by atoms with E-state index in [2.05, 4.69) is 5.32 Å². The quantitative estimate of drug-likeness (QED) is 0.608. The van der Waals surface area contributed by atoms with E-state index in [0.717, 1.165) is 18.5 Å². The molecule has 0 saturated carbocycles. The third-order valence-electron chi connectivity index (χ3n) is 2.20. The number of benzene rings is 1. The Balaban J connectivity index is 2.54. The summed E-state index contributed by atoms with van der Waals surface area (Å²) in [6, 6.07) is 3.06. The highest BCUT2D eigenvalue weighted by molar-refractivity contribution is 5.41. The molecule has 1 heterocycles. The zero-order valence-corrected chi connectivity index (χ0v) is 6.60. The van der Waals surface area contributed by atoms with E-state index >= 15 is 0 Å². The summed E-state index contributed by atoms with van der Waals surface area (Å²) >= 11 is 0. The number of rotatable bonds is 0. The van der Waals surface area contributed by atoms with Gasteiger partial charge in [0.05, 0.1) is 0 Å². The number of phenols is 1. The van der Waals surface area contributed by atoms with E-state index in [1.807, 2.05) is 0 Å². The molecule has 3 heteroatoms. The maximum atomic E-state index is 12.8. The van der Waals surface area contributed by atoms with Gasteiger partial charge in [0, 0.05) is 12.1 Å². The summed E-state index contributed by atoms with van der Waals surface area (Å²) in [5.74, 6) is -0.725. The number of aromatic hydroxyl groups is 1. The topological polar surface area (TPSA) is 32.3 Å². The fourth-order valence-corrected chi connectivity index (χ4v) is 1.52. The summed E-state index contributed by atoms with van der Waals surface area (Å²) in [5.41, 5.74) is 1.76. The fraction of sp³-hybridized carbons (Fsp3) is 0.333. The molecule has 0 bridgehead atoms. The molecule has 1 aromatic carbocycles. The van der Waals surface area contributed by atoms with E-state index in [1.165, 1.54) is 6.07 Å². The Labute approximate surface area is 70.0 Å². The lowest BCUT2D eigenvalue weighted by Gasteiger charge is -2.17. The molecule has 1 aliphatic rings. The van der Waals surface area contributed by atoms with Gasteiger partial charge >= 0.3 is 0 Å². The average molecular weight is 167 g/mol. The second-order valence-electron chi connectivity index (χ2n) is 2.96. The van der Waals surface area contributed by atoms with Crippen LogP contribution >= 0.6 is 0 Å². The molecule has 2 nitrogen and oxygen atoms in total. The predicted octanol–water partition coefficient (Wildman–Crippen LogP) is 1.18. The molecular formula is C9H10FNO. The van der Waals surface area contributed by atoms with Crippen molar-refractivity contribution in [2.45, 2.75) is 13.0 Å². The highest BCUT2D eigenvalue weighted by Crippen LogP contribution is 2.26. The van der Waals surface area contributed by atoms with Gasteiger partial charge in [-0.05, 0) is 24.6 Å². The number of hydrogen-bond acceptors (Lipinski definition) is 2. The Kier molecular flexibility index (Phi) is 1.73. The molecule has 0 amide bonds. The lowest BCUT2D eigenvalue weighted by molar-refractivity contribution is 0.418. The van der Waals surface area contributed by atoms with Gasteiger partial charge in [0.15, 0.2) is 11.6 Å². The van der Waals surface area contributed by atoms with Crippen LogP contribution in [-0.2, 0) is 13.0 Å². The molecule has 0 spiro atoms. The summed E-state index contributed by atoms with van der Waals surface area (Å²) in [6.07, 6.45) is 0.864. The third-order valence-corrected chi connectivity index (χ3v) is 2.20. The van der Waals surface area contributed by atoms with Crippen molar-refractivity contribution in [2.24, 2.45) is 0 Å². The number of nitrogens with one attached hydrogen (secondary N) is 1. The summed E-state index contributed by atoms with van der Waals surface area (Å²) < 4.78 is 12.8. The minimum atomic E-state index is -0.530. The second kappa shape index (κ2) is 2.75. The van der Waals surface area contributed by atoms with Crippen LogP contribution in [-0.4, -0.2) is 11.7 Å². The first-order valence-corrected chi connectivity index (χ1v) is 3.99. The Bertz CT molecular complexity index is 312. The zero-order valence-electron chi connectivity index (χ0n) is 6.60. The normalized spacial score (nSPS) is 15.8. The maximum Gasteiger partial charge on any atom is 0.165 e. The molecule has 12 heavy (non-hydrogen) atoms. The van der Waals surface area contributed by atoms with Gasteiger partial charge in [-0.3, -0.25) is 0 Å². The molecule has 0 aliphatic carbocycles. The Morgan fingerprint density at radius 3 is 3.08 bits per heavy atom. The van der Waals surface area contributed by atoms with Crippen LogP contribution in [0.1, 0.15) is 11.1 Å². The van der Waals surface area contributed by atoms with E-state index in [4.69, 9.17) is 0 Å². The molecule has 0 fully saturated rings. The number of phenolic OH excluding ortho intramolecular Hbond substituents is 1. The Morgan fingerprint density at radius 2 is 2.25 bits per heavy atom. The maximum absolute atomic E-state index is 12.8. The fourth-order valence-electron chi connectivity index (χ4n) is 1.52. The molecule has 64 valence electrons. The molecule has 0 saturated heterocycles. The first-order chi connectivity index (χ1) is 5.79. The van der Waals surface area contributed by atoms with Crippen molar-refractivity contribution in [1.29, 1.82) is 0 Å². The molecule has 0 unspecified atom stereocenters. The predicted molar refractivity (Wildman–Crippen MR) is 43.5 cm³/mol. The van der Waals surface area contributed by atoms with Crippen LogP contribution in [0.3, 0.4) is 0 Å². The molecule has 0 radical (unpaired) electrons. The van der Waals surface area contributed by atoms with Gasteiger partial charge < -0.3 is 10.4 Å². The molecule has 2 rings (SSSR count).